The number of hydrogen-bond donors (Lipinski definition) is 2. The second kappa shape index (κ2) is 3.97. The molecule has 0 heterocycles. The maximum atomic E-state index is 9.26. The van der Waals surface area contributed by atoms with Crippen LogP contribution in [0.3, 0.4) is 0 Å². The van der Waals surface area contributed by atoms with Crippen molar-refractivity contribution in [3.8, 4) is 0 Å². The Kier molecular flexibility index (Phi) is 2.65. The van der Waals surface area contributed by atoms with Gasteiger partial charge in [0.1, 0.15) is 5.71 Å². The molecule has 4 aliphatic carbocycles. The van der Waals surface area contributed by atoms with E-state index in [0.29, 0.717) is 11.1 Å². The van der Waals surface area contributed by atoms with Crippen LogP contribution < -0.4 is 0 Å². The predicted molar refractivity (Wildman–Crippen MR) is 69.3 cm³/mol. The summed E-state index contributed by atoms with van der Waals surface area (Å²) in [6, 6.07) is 0. The first-order valence-electron chi connectivity index (χ1n) is 7.05. The van der Waals surface area contributed by atoms with Crippen LogP contribution in [0.5, 0.6) is 0 Å². The molecule has 0 radical (unpaired) electrons. The van der Waals surface area contributed by atoms with Crippen molar-refractivity contribution in [2.24, 2.45) is 33.0 Å². The Balaban J connectivity index is 1.98. The minimum Gasteiger partial charge on any atom is -0.411 e. The van der Waals surface area contributed by atoms with Crippen LogP contribution in [0.1, 0.15) is 51.9 Å². The van der Waals surface area contributed by atoms with Gasteiger partial charge in [-0.15, -0.1) is 0 Å². The SMILES string of the molecule is CCC12CC3CC(C1)CC(C(/C=N/O)=N/O)(C3)C2. The lowest BCUT2D eigenvalue weighted by Gasteiger charge is -2.62. The Morgan fingerprint density at radius 1 is 1.22 bits per heavy atom. The normalized spacial score (nSPS) is 47.1. The van der Waals surface area contributed by atoms with Crippen molar-refractivity contribution in [1.29, 1.82) is 0 Å². The molecule has 4 saturated carbocycles. The Hall–Kier alpha value is -1.06. The van der Waals surface area contributed by atoms with E-state index in [1.54, 1.807) is 0 Å². The molecule has 2 atom stereocenters. The highest BCUT2D eigenvalue weighted by molar-refractivity contribution is 6.32. The number of rotatable bonds is 3. The summed E-state index contributed by atoms with van der Waals surface area (Å²) in [7, 11) is 0. The first kappa shape index (κ1) is 12.0. The van der Waals surface area contributed by atoms with Gasteiger partial charge in [-0.05, 0) is 55.8 Å². The highest BCUT2D eigenvalue weighted by Crippen LogP contribution is 2.66. The van der Waals surface area contributed by atoms with E-state index < -0.39 is 0 Å². The van der Waals surface area contributed by atoms with Crippen LogP contribution in [0.25, 0.3) is 0 Å². The van der Waals surface area contributed by atoms with E-state index >= 15 is 0 Å². The molecule has 18 heavy (non-hydrogen) atoms. The van der Waals surface area contributed by atoms with Gasteiger partial charge in [0.25, 0.3) is 0 Å². The molecule has 4 aliphatic rings. The fraction of sp³-hybridized carbons (Fsp3) is 0.857. The quantitative estimate of drug-likeness (QED) is 0.458. The van der Waals surface area contributed by atoms with Crippen LogP contribution in [0, 0.1) is 22.7 Å². The second-order valence-electron chi connectivity index (χ2n) is 6.82. The largest absolute Gasteiger partial charge is 0.411 e. The molecule has 100 valence electrons. The molecule has 2 unspecified atom stereocenters. The lowest BCUT2D eigenvalue weighted by molar-refractivity contribution is -0.0799. The van der Waals surface area contributed by atoms with Crippen molar-refractivity contribution in [1.82, 2.24) is 0 Å². The maximum absolute atomic E-state index is 9.26. The van der Waals surface area contributed by atoms with Gasteiger partial charge in [0.05, 0.1) is 6.21 Å². The van der Waals surface area contributed by atoms with Crippen molar-refractivity contribution in [2.45, 2.75) is 51.9 Å². The van der Waals surface area contributed by atoms with E-state index in [4.69, 9.17) is 5.21 Å². The van der Waals surface area contributed by atoms with Gasteiger partial charge < -0.3 is 10.4 Å². The first-order valence-corrected chi connectivity index (χ1v) is 7.05. The van der Waals surface area contributed by atoms with Crippen LogP contribution in [0.4, 0.5) is 0 Å². The molecule has 0 aromatic rings. The van der Waals surface area contributed by atoms with Gasteiger partial charge in [0.15, 0.2) is 0 Å². The summed E-state index contributed by atoms with van der Waals surface area (Å²) >= 11 is 0. The van der Waals surface area contributed by atoms with Crippen LogP contribution in [0.2, 0.25) is 0 Å². The minimum atomic E-state index is -0.0267. The van der Waals surface area contributed by atoms with Crippen LogP contribution in [-0.2, 0) is 0 Å². The predicted octanol–water partition coefficient (Wildman–Crippen LogP) is 3.27. The maximum Gasteiger partial charge on any atom is 0.107 e. The van der Waals surface area contributed by atoms with Crippen molar-refractivity contribution in [3.63, 3.8) is 0 Å². The van der Waals surface area contributed by atoms with Crippen molar-refractivity contribution < 1.29 is 10.4 Å². The molecule has 0 amide bonds. The third-order valence-corrected chi connectivity index (χ3v) is 5.76. The number of oxime groups is 2. The zero-order valence-corrected chi connectivity index (χ0v) is 11.0. The van der Waals surface area contributed by atoms with E-state index in [1.165, 1.54) is 31.9 Å². The molecule has 0 aliphatic heterocycles. The third-order valence-electron chi connectivity index (χ3n) is 5.76. The van der Waals surface area contributed by atoms with Crippen LogP contribution >= 0.6 is 0 Å². The minimum absolute atomic E-state index is 0.0267. The molecule has 4 rings (SSSR count). The Morgan fingerprint density at radius 2 is 1.89 bits per heavy atom. The highest BCUT2D eigenvalue weighted by atomic mass is 16.4. The molecule has 2 N–H and O–H groups in total. The summed E-state index contributed by atoms with van der Waals surface area (Å²) in [5.41, 5.74) is 1.02. The second-order valence-corrected chi connectivity index (χ2v) is 6.82. The number of nitrogens with zero attached hydrogens (tertiary/aromatic N) is 2. The molecule has 0 saturated heterocycles. The topological polar surface area (TPSA) is 65.2 Å². The van der Waals surface area contributed by atoms with E-state index in [-0.39, 0.29) is 5.41 Å². The third kappa shape index (κ3) is 1.57. The monoisotopic (exact) mass is 250 g/mol. The van der Waals surface area contributed by atoms with E-state index in [0.717, 1.165) is 31.1 Å². The van der Waals surface area contributed by atoms with Gasteiger partial charge in [-0.2, -0.15) is 0 Å². The molecular weight excluding hydrogens is 228 g/mol. The Morgan fingerprint density at radius 3 is 2.39 bits per heavy atom. The average Bonchev–Trinajstić information content (AvgIpc) is 2.34. The molecule has 4 fully saturated rings. The summed E-state index contributed by atoms with van der Waals surface area (Å²) in [4.78, 5) is 0. The van der Waals surface area contributed by atoms with E-state index in [2.05, 4.69) is 17.2 Å². The summed E-state index contributed by atoms with van der Waals surface area (Å²) in [5.74, 6) is 1.55. The van der Waals surface area contributed by atoms with Crippen molar-refractivity contribution >= 4 is 11.9 Å². The van der Waals surface area contributed by atoms with Crippen molar-refractivity contribution in [3.05, 3.63) is 0 Å². The van der Waals surface area contributed by atoms with Gasteiger partial charge in [0, 0.05) is 5.41 Å². The first-order chi connectivity index (χ1) is 8.65. The fourth-order valence-corrected chi connectivity index (χ4v) is 5.49. The summed E-state index contributed by atoms with van der Waals surface area (Å²) in [6.45, 7) is 2.29. The lowest BCUT2D eigenvalue weighted by atomic mass is 9.43. The summed E-state index contributed by atoms with van der Waals surface area (Å²) in [6.07, 6.45) is 9.92. The zero-order valence-electron chi connectivity index (χ0n) is 11.0. The fourth-order valence-electron chi connectivity index (χ4n) is 5.49. The van der Waals surface area contributed by atoms with Gasteiger partial charge in [-0.25, -0.2) is 0 Å². The molecule has 0 spiro atoms. The molecule has 4 nitrogen and oxygen atoms in total. The molecule has 4 heteroatoms. The smallest absolute Gasteiger partial charge is 0.107 e. The number of hydrogen-bond acceptors (Lipinski definition) is 4. The van der Waals surface area contributed by atoms with Gasteiger partial charge >= 0.3 is 0 Å². The Labute approximate surface area is 108 Å². The lowest BCUT2D eigenvalue weighted by Crippen LogP contribution is -2.55. The van der Waals surface area contributed by atoms with Gasteiger partial charge in [-0.1, -0.05) is 23.7 Å². The summed E-state index contributed by atoms with van der Waals surface area (Å²) in [5, 5.41) is 24.6. The zero-order chi connectivity index (χ0) is 12.8. The van der Waals surface area contributed by atoms with E-state index in [9.17, 15) is 5.21 Å². The molecular formula is C14H22N2O2. The van der Waals surface area contributed by atoms with Crippen LogP contribution in [-0.4, -0.2) is 22.3 Å². The molecule has 4 bridgehead atoms. The summed E-state index contributed by atoms with van der Waals surface area (Å²) < 4.78 is 0. The van der Waals surface area contributed by atoms with Gasteiger partial charge in [0.2, 0.25) is 0 Å². The molecule has 0 aromatic carbocycles. The standard InChI is InChI=1S/C14H22N2O2/c1-2-13-4-10-3-11(5-13)7-14(6-10,9-13)12(16-18)8-15-17/h8,10-11,17-18H,2-7,9H2,1H3/b15-8+,16-12+. The average molecular weight is 250 g/mol. The molecule has 0 aromatic heterocycles. The highest BCUT2D eigenvalue weighted by Gasteiger charge is 2.58. The Bertz CT molecular complexity index is 389. The van der Waals surface area contributed by atoms with E-state index in [1.807, 2.05) is 0 Å². The van der Waals surface area contributed by atoms with Gasteiger partial charge in [-0.3, -0.25) is 0 Å². The van der Waals surface area contributed by atoms with Crippen molar-refractivity contribution in [2.75, 3.05) is 0 Å². The van der Waals surface area contributed by atoms with Crippen LogP contribution in [0.15, 0.2) is 10.3 Å².